The maximum absolute atomic E-state index is 12.2. The van der Waals surface area contributed by atoms with Crippen LogP contribution in [-0.2, 0) is 4.79 Å². The Balaban J connectivity index is 0.00000338. The third kappa shape index (κ3) is 8.06. The van der Waals surface area contributed by atoms with Gasteiger partial charge >= 0.3 is 6.03 Å². The number of carbonyl (C=O) groups excluding carboxylic acids is 2. The first-order chi connectivity index (χ1) is 12.2. The number of nitrogens with one attached hydrogen (secondary N) is 2. The molecule has 0 unspecified atom stereocenters. The second-order valence-corrected chi connectivity index (χ2v) is 6.58. The summed E-state index contributed by atoms with van der Waals surface area (Å²) in [6.07, 6.45) is 6.30. The number of rotatable bonds is 8. The van der Waals surface area contributed by atoms with Crippen molar-refractivity contribution in [1.29, 1.82) is 0 Å². The topological polar surface area (TPSA) is 87.5 Å². The number of benzene rings is 1. The summed E-state index contributed by atoms with van der Waals surface area (Å²) in [5, 5.41) is 6.00. The van der Waals surface area contributed by atoms with E-state index >= 15 is 0 Å². The number of hydrogen-bond acceptors (Lipinski definition) is 3. The molecule has 4 N–H and O–H groups in total. The van der Waals surface area contributed by atoms with E-state index in [0.29, 0.717) is 19.5 Å². The lowest BCUT2D eigenvalue weighted by atomic mass is 10.0. The molecule has 1 saturated heterocycles. The van der Waals surface area contributed by atoms with Crippen LogP contribution in [0.3, 0.4) is 0 Å². The minimum absolute atomic E-state index is 0. The van der Waals surface area contributed by atoms with Gasteiger partial charge in [0.1, 0.15) is 0 Å². The second kappa shape index (κ2) is 12.5. The summed E-state index contributed by atoms with van der Waals surface area (Å²) in [5.74, 6) is 0.125. The minimum Gasteiger partial charge on any atom is -0.353 e. The van der Waals surface area contributed by atoms with Gasteiger partial charge in [-0.2, -0.15) is 0 Å². The molecule has 0 atom stereocenters. The fourth-order valence-electron chi connectivity index (χ4n) is 3.03. The highest BCUT2D eigenvalue weighted by Gasteiger charge is 2.23. The number of likely N-dealkylation sites (tertiary alicyclic amines) is 1. The zero-order valence-corrected chi connectivity index (χ0v) is 16.1. The van der Waals surface area contributed by atoms with Crippen LogP contribution in [0.1, 0.15) is 44.9 Å². The zero-order chi connectivity index (χ0) is 17.9. The van der Waals surface area contributed by atoms with Crippen molar-refractivity contribution >= 4 is 30.0 Å². The average molecular weight is 383 g/mol. The maximum atomic E-state index is 12.2. The Kier molecular flexibility index (Phi) is 10.7. The number of carbonyl (C=O) groups is 2. The minimum atomic E-state index is -0.0733. The van der Waals surface area contributed by atoms with Gasteiger partial charge in [0.2, 0.25) is 5.91 Å². The molecule has 1 aliphatic heterocycles. The van der Waals surface area contributed by atoms with E-state index < -0.39 is 0 Å². The molecule has 1 fully saturated rings. The van der Waals surface area contributed by atoms with Gasteiger partial charge in [-0.05, 0) is 44.4 Å². The molecule has 1 aliphatic rings. The highest BCUT2D eigenvalue weighted by atomic mass is 35.5. The molecule has 0 aliphatic carbocycles. The highest BCUT2D eigenvalue weighted by Crippen LogP contribution is 2.13. The van der Waals surface area contributed by atoms with Crippen LogP contribution in [0.4, 0.5) is 10.5 Å². The standard InChI is InChI=1S/C19H30N4O2.ClH/c20-13-7-2-1-6-10-18(24)21-17-11-14-23(15-12-17)19(25)22-16-8-4-3-5-9-16;/h3-5,8-9,17H,1-2,6-7,10-15,20H2,(H,21,24)(H,22,25);1H. The number of halogens is 1. The molecule has 1 aromatic carbocycles. The molecular weight excluding hydrogens is 352 g/mol. The third-order valence-corrected chi connectivity index (χ3v) is 4.53. The molecule has 3 amide bonds. The quantitative estimate of drug-likeness (QED) is 0.603. The molecule has 6 nitrogen and oxygen atoms in total. The predicted molar refractivity (Wildman–Crippen MR) is 108 cm³/mol. The summed E-state index contributed by atoms with van der Waals surface area (Å²) < 4.78 is 0. The molecule has 146 valence electrons. The Hall–Kier alpha value is -1.79. The molecule has 7 heteroatoms. The van der Waals surface area contributed by atoms with E-state index in [9.17, 15) is 9.59 Å². The molecule has 0 bridgehead atoms. The van der Waals surface area contributed by atoms with Crippen molar-refractivity contribution < 1.29 is 9.59 Å². The van der Waals surface area contributed by atoms with Crippen molar-refractivity contribution in [3.8, 4) is 0 Å². The van der Waals surface area contributed by atoms with E-state index in [4.69, 9.17) is 5.73 Å². The first-order valence-corrected chi connectivity index (χ1v) is 9.29. The number of nitrogens with zero attached hydrogens (tertiary/aromatic N) is 1. The number of piperidine rings is 1. The predicted octanol–water partition coefficient (Wildman–Crippen LogP) is 3.13. The molecular formula is C19H31ClN4O2. The summed E-state index contributed by atoms with van der Waals surface area (Å²) in [4.78, 5) is 26.0. The zero-order valence-electron chi connectivity index (χ0n) is 15.3. The summed E-state index contributed by atoms with van der Waals surface area (Å²) >= 11 is 0. The van der Waals surface area contributed by atoms with Crippen LogP contribution in [0, 0.1) is 0 Å². The molecule has 0 aromatic heterocycles. The van der Waals surface area contributed by atoms with Crippen molar-refractivity contribution in [2.45, 2.75) is 51.0 Å². The number of anilines is 1. The van der Waals surface area contributed by atoms with Crippen LogP contribution in [0.2, 0.25) is 0 Å². The molecule has 2 rings (SSSR count). The summed E-state index contributed by atoms with van der Waals surface area (Å²) in [6.45, 7) is 2.06. The van der Waals surface area contributed by atoms with Crippen LogP contribution in [-0.4, -0.2) is 42.5 Å². The van der Waals surface area contributed by atoms with Crippen molar-refractivity contribution in [3.05, 3.63) is 30.3 Å². The van der Waals surface area contributed by atoms with Crippen LogP contribution in [0.15, 0.2) is 30.3 Å². The first kappa shape index (κ1) is 22.3. The Bertz CT molecular complexity index is 534. The SMILES string of the molecule is Cl.NCCCCCCC(=O)NC1CCN(C(=O)Nc2ccccc2)CC1. The lowest BCUT2D eigenvalue weighted by Crippen LogP contribution is -2.47. The number of unbranched alkanes of at least 4 members (excludes halogenated alkanes) is 3. The molecule has 1 aromatic rings. The highest BCUT2D eigenvalue weighted by molar-refractivity contribution is 5.89. The van der Waals surface area contributed by atoms with E-state index in [1.807, 2.05) is 35.2 Å². The maximum Gasteiger partial charge on any atom is 0.321 e. The van der Waals surface area contributed by atoms with Crippen molar-refractivity contribution in [2.75, 3.05) is 25.0 Å². The third-order valence-electron chi connectivity index (χ3n) is 4.53. The van der Waals surface area contributed by atoms with Gasteiger partial charge in [0.25, 0.3) is 0 Å². The molecule has 26 heavy (non-hydrogen) atoms. The Morgan fingerprint density at radius 1 is 1.04 bits per heavy atom. The van der Waals surface area contributed by atoms with Crippen LogP contribution >= 0.6 is 12.4 Å². The normalized spacial score (nSPS) is 14.4. The summed E-state index contributed by atoms with van der Waals surface area (Å²) in [6, 6.07) is 9.56. The largest absolute Gasteiger partial charge is 0.353 e. The van der Waals surface area contributed by atoms with Crippen molar-refractivity contribution in [2.24, 2.45) is 5.73 Å². The number of urea groups is 1. The Morgan fingerprint density at radius 3 is 2.35 bits per heavy atom. The Morgan fingerprint density at radius 2 is 1.69 bits per heavy atom. The number of hydrogen-bond donors (Lipinski definition) is 3. The summed E-state index contributed by atoms with van der Waals surface area (Å²) in [5.41, 5.74) is 6.26. The van der Waals surface area contributed by atoms with Gasteiger partial charge in [-0.25, -0.2) is 4.79 Å². The fraction of sp³-hybridized carbons (Fsp3) is 0.579. The first-order valence-electron chi connectivity index (χ1n) is 9.29. The lowest BCUT2D eigenvalue weighted by Gasteiger charge is -2.32. The van der Waals surface area contributed by atoms with Gasteiger partial charge in [-0.1, -0.05) is 31.0 Å². The van der Waals surface area contributed by atoms with E-state index in [0.717, 1.165) is 50.8 Å². The Labute approximate surface area is 162 Å². The summed E-state index contributed by atoms with van der Waals surface area (Å²) in [7, 11) is 0. The monoisotopic (exact) mass is 382 g/mol. The molecule has 1 heterocycles. The average Bonchev–Trinajstić information content (AvgIpc) is 2.63. The van der Waals surface area contributed by atoms with Gasteiger partial charge < -0.3 is 21.3 Å². The van der Waals surface area contributed by atoms with Crippen molar-refractivity contribution in [3.63, 3.8) is 0 Å². The van der Waals surface area contributed by atoms with Gasteiger partial charge in [0.15, 0.2) is 0 Å². The van der Waals surface area contributed by atoms with E-state index in [1.165, 1.54) is 0 Å². The van der Waals surface area contributed by atoms with Gasteiger partial charge in [0, 0.05) is 31.2 Å². The second-order valence-electron chi connectivity index (χ2n) is 6.58. The number of amides is 3. The van der Waals surface area contributed by atoms with Crippen LogP contribution < -0.4 is 16.4 Å². The van der Waals surface area contributed by atoms with Gasteiger partial charge in [-0.3, -0.25) is 4.79 Å². The van der Waals surface area contributed by atoms with Crippen molar-refractivity contribution in [1.82, 2.24) is 10.2 Å². The molecule has 0 saturated carbocycles. The lowest BCUT2D eigenvalue weighted by molar-refractivity contribution is -0.122. The van der Waals surface area contributed by atoms with Crippen LogP contribution in [0.5, 0.6) is 0 Å². The van der Waals surface area contributed by atoms with Crippen LogP contribution in [0.25, 0.3) is 0 Å². The van der Waals surface area contributed by atoms with Gasteiger partial charge in [-0.15, -0.1) is 12.4 Å². The number of nitrogens with two attached hydrogens (primary N) is 1. The molecule has 0 radical (unpaired) electrons. The van der Waals surface area contributed by atoms with E-state index in [-0.39, 0.29) is 30.4 Å². The fourth-order valence-corrected chi connectivity index (χ4v) is 3.03. The van der Waals surface area contributed by atoms with Gasteiger partial charge in [0.05, 0.1) is 0 Å². The van der Waals surface area contributed by atoms with E-state index in [1.54, 1.807) is 0 Å². The van der Waals surface area contributed by atoms with E-state index in [2.05, 4.69) is 10.6 Å². The smallest absolute Gasteiger partial charge is 0.321 e. The molecule has 0 spiro atoms. The number of para-hydroxylation sites is 1.